The highest BCUT2D eigenvalue weighted by molar-refractivity contribution is 6.05. The molecular weight excluding hydrogens is 437 g/mol. The lowest BCUT2D eigenvalue weighted by molar-refractivity contribution is -0.139. The number of carbonyl (C=O) groups excluding carboxylic acids is 2. The average Bonchev–Trinajstić information content (AvgIpc) is 2.76. The van der Waals surface area contributed by atoms with E-state index in [0.29, 0.717) is 17.8 Å². The fraction of sp³-hybridized carbons (Fsp3) is 0.417. The van der Waals surface area contributed by atoms with E-state index in [1.54, 1.807) is 24.3 Å². The van der Waals surface area contributed by atoms with Crippen LogP contribution >= 0.6 is 0 Å². The molecule has 178 valence electrons. The van der Waals surface area contributed by atoms with E-state index in [1.165, 1.54) is 23.1 Å². The summed E-state index contributed by atoms with van der Waals surface area (Å²) in [6.07, 6.45) is -5.80. The molecule has 1 aliphatic heterocycles. The van der Waals surface area contributed by atoms with Crippen molar-refractivity contribution in [3.63, 3.8) is 0 Å². The predicted octanol–water partition coefficient (Wildman–Crippen LogP) is 3.74. The Kier molecular flexibility index (Phi) is 7.63. The third kappa shape index (κ3) is 5.65. The van der Waals surface area contributed by atoms with Gasteiger partial charge < -0.3 is 20.1 Å². The van der Waals surface area contributed by atoms with Crippen molar-refractivity contribution in [1.82, 2.24) is 5.32 Å². The number of para-hydroxylation sites is 2. The van der Waals surface area contributed by atoms with Gasteiger partial charge in [-0.3, -0.25) is 9.59 Å². The van der Waals surface area contributed by atoms with E-state index in [-0.39, 0.29) is 31.2 Å². The van der Waals surface area contributed by atoms with E-state index in [2.05, 4.69) is 5.32 Å². The number of fused-ring (bicyclic) bond motifs is 1. The molecule has 1 heterocycles. The highest BCUT2D eigenvalue weighted by Gasteiger charge is 2.43. The number of halogens is 3. The van der Waals surface area contributed by atoms with Crippen LogP contribution < -0.4 is 15.0 Å². The van der Waals surface area contributed by atoms with Crippen molar-refractivity contribution in [3.8, 4) is 5.75 Å². The maximum atomic E-state index is 13.0. The van der Waals surface area contributed by atoms with E-state index in [0.717, 1.165) is 6.07 Å². The van der Waals surface area contributed by atoms with Gasteiger partial charge in [0.05, 0.1) is 18.1 Å². The molecule has 6 nitrogen and oxygen atoms in total. The molecule has 0 fully saturated rings. The monoisotopic (exact) mass is 464 g/mol. The molecule has 2 aromatic carbocycles. The maximum Gasteiger partial charge on any atom is 0.419 e. The van der Waals surface area contributed by atoms with Gasteiger partial charge in [-0.1, -0.05) is 44.2 Å². The van der Waals surface area contributed by atoms with Gasteiger partial charge >= 0.3 is 6.18 Å². The molecule has 2 unspecified atom stereocenters. The second-order valence-corrected chi connectivity index (χ2v) is 8.31. The van der Waals surface area contributed by atoms with Crippen LogP contribution in [0.2, 0.25) is 0 Å². The first-order chi connectivity index (χ1) is 15.6. The second kappa shape index (κ2) is 10.2. The van der Waals surface area contributed by atoms with Crippen LogP contribution in [0, 0.1) is 5.92 Å². The summed E-state index contributed by atoms with van der Waals surface area (Å²) in [6, 6.07) is 11.9. The summed E-state index contributed by atoms with van der Waals surface area (Å²) in [6.45, 7) is 4.39. The molecule has 0 radical (unpaired) electrons. The number of nitrogens with one attached hydrogen (secondary N) is 1. The Morgan fingerprint density at radius 3 is 2.52 bits per heavy atom. The number of rotatable bonds is 8. The first-order valence-corrected chi connectivity index (χ1v) is 10.8. The number of benzene rings is 2. The topological polar surface area (TPSA) is 78.9 Å². The Morgan fingerprint density at radius 1 is 1.15 bits per heavy atom. The van der Waals surface area contributed by atoms with E-state index in [1.807, 2.05) is 13.8 Å². The molecule has 0 saturated heterocycles. The Morgan fingerprint density at radius 2 is 1.82 bits per heavy atom. The molecule has 2 aromatic rings. The van der Waals surface area contributed by atoms with E-state index in [9.17, 15) is 27.9 Å². The van der Waals surface area contributed by atoms with Crippen LogP contribution in [0.3, 0.4) is 0 Å². The van der Waals surface area contributed by atoms with Gasteiger partial charge in [-0.2, -0.15) is 13.2 Å². The van der Waals surface area contributed by atoms with Gasteiger partial charge in [0.1, 0.15) is 11.9 Å². The highest BCUT2D eigenvalue weighted by atomic mass is 19.4. The number of ether oxygens (including phenoxy) is 1. The smallest absolute Gasteiger partial charge is 0.419 e. The van der Waals surface area contributed by atoms with Crippen LogP contribution in [-0.4, -0.2) is 42.7 Å². The summed E-state index contributed by atoms with van der Waals surface area (Å²) in [5.41, 5.74) is 0.285. The van der Waals surface area contributed by atoms with Gasteiger partial charge in [0.15, 0.2) is 0 Å². The molecule has 1 aliphatic rings. The summed E-state index contributed by atoms with van der Waals surface area (Å²) in [5, 5.41) is 13.3. The Balaban J connectivity index is 1.61. The largest absolute Gasteiger partial charge is 0.493 e. The van der Waals surface area contributed by atoms with Crippen molar-refractivity contribution in [3.05, 3.63) is 59.7 Å². The van der Waals surface area contributed by atoms with Gasteiger partial charge in [-0.25, -0.2) is 0 Å². The summed E-state index contributed by atoms with van der Waals surface area (Å²) >= 11 is 0. The second-order valence-electron chi connectivity index (χ2n) is 8.31. The minimum atomic E-state index is -4.52. The van der Waals surface area contributed by atoms with Crippen LogP contribution in [0.25, 0.3) is 0 Å². The van der Waals surface area contributed by atoms with Crippen LogP contribution in [-0.2, 0) is 15.8 Å². The normalized spacial score (nSPS) is 18.3. The lowest BCUT2D eigenvalue weighted by atomic mass is 9.86. The van der Waals surface area contributed by atoms with Gasteiger partial charge in [-0.15, -0.1) is 0 Å². The fourth-order valence-electron chi connectivity index (χ4n) is 3.83. The first-order valence-electron chi connectivity index (χ1n) is 10.8. The van der Waals surface area contributed by atoms with Gasteiger partial charge in [0.25, 0.3) is 5.91 Å². The van der Waals surface area contributed by atoms with Gasteiger partial charge in [-0.05, 0) is 36.1 Å². The summed E-state index contributed by atoms with van der Waals surface area (Å²) in [5.74, 6) is -2.23. The standard InChI is InChI=1S/C24H27F3N2O4/c1-15(2)14-29-18-10-5-3-8-16(18)20(21(30)23(29)32)22(31)28-12-7-13-33-19-11-6-4-9-17(19)24(25,26)27/h3-6,8-11,15,20-21,30H,7,12-14H2,1-2H3,(H,28,31). The third-order valence-electron chi connectivity index (χ3n) is 5.30. The molecule has 2 N–H and O–H groups in total. The molecule has 0 spiro atoms. The van der Waals surface area contributed by atoms with E-state index in [4.69, 9.17) is 4.74 Å². The van der Waals surface area contributed by atoms with Crippen molar-refractivity contribution in [2.24, 2.45) is 5.92 Å². The predicted molar refractivity (Wildman–Crippen MR) is 117 cm³/mol. The zero-order valence-corrected chi connectivity index (χ0v) is 18.4. The van der Waals surface area contributed by atoms with Crippen molar-refractivity contribution < 1.29 is 32.6 Å². The number of anilines is 1. The van der Waals surface area contributed by atoms with Crippen molar-refractivity contribution in [2.45, 2.75) is 38.5 Å². The zero-order valence-electron chi connectivity index (χ0n) is 18.4. The Bertz CT molecular complexity index is 994. The number of carbonyl (C=O) groups is 2. The lowest BCUT2D eigenvalue weighted by Gasteiger charge is -2.37. The van der Waals surface area contributed by atoms with Crippen LogP contribution in [0.15, 0.2) is 48.5 Å². The number of alkyl halides is 3. The molecule has 0 bridgehead atoms. The fourth-order valence-corrected chi connectivity index (χ4v) is 3.83. The molecule has 3 rings (SSSR count). The first kappa shape index (κ1) is 24.6. The Labute approximate surface area is 190 Å². The van der Waals surface area contributed by atoms with Gasteiger partial charge in [0.2, 0.25) is 5.91 Å². The van der Waals surface area contributed by atoms with E-state index < -0.39 is 35.6 Å². The SMILES string of the molecule is CC(C)CN1C(=O)C(O)C(C(=O)NCCCOc2ccccc2C(F)(F)F)c2ccccc21. The zero-order chi connectivity index (χ0) is 24.2. The van der Waals surface area contributed by atoms with Crippen molar-refractivity contribution in [2.75, 3.05) is 24.6 Å². The Hall–Kier alpha value is -3.07. The summed E-state index contributed by atoms with van der Waals surface area (Å²) in [4.78, 5) is 27.1. The van der Waals surface area contributed by atoms with Crippen molar-refractivity contribution >= 4 is 17.5 Å². The average molecular weight is 464 g/mol. The molecule has 33 heavy (non-hydrogen) atoms. The molecule has 0 aliphatic carbocycles. The summed E-state index contributed by atoms with van der Waals surface area (Å²) in [7, 11) is 0. The third-order valence-corrected chi connectivity index (χ3v) is 5.30. The highest BCUT2D eigenvalue weighted by Crippen LogP contribution is 2.37. The van der Waals surface area contributed by atoms with E-state index >= 15 is 0 Å². The minimum Gasteiger partial charge on any atom is -0.493 e. The molecule has 9 heteroatoms. The molecular formula is C24H27F3N2O4. The number of nitrogens with zero attached hydrogens (tertiary/aromatic N) is 1. The van der Waals surface area contributed by atoms with Crippen LogP contribution in [0.4, 0.5) is 18.9 Å². The van der Waals surface area contributed by atoms with Crippen molar-refractivity contribution in [1.29, 1.82) is 0 Å². The number of aliphatic hydroxyl groups is 1. The molecule has 2 atom stereocenters. The van der Waals surface area contributed by atoms with Crippen LogP contribution in [0.1, 0.15) is 37.3 Å². The quantitative estimate of drug-likeness (QED) is 0.584. The number of aliphatic hydroxyl groups excluding tert-OH is 1. The number of amides is 2. The van der Waals surface area contributed by atoms with Gasteiger partial charge in [0, 0.05) is 18.8 Å². The number of hydrogen-bond acceptors (Lipinski definition) is 4. The molecule has 0 aromatic heterocycles. The molecule has 2 amide bonds. The lowest BCUT2D eigenvalue weighted by Crippen LogP contribution is -2.51. The maximum absolute atomic E-state index is 13.0. The summed E-state index contributed by atoms with van der Waals surface area (Å²) < 4.78 is 44.3. The number of hydrogen-bond donors (Lipinski definition) is 2. The minimum absolute atomic E-state index is 0.0434. The molecule has 0 saturated carbocycles. The van der Waals surface area contributed by atoms with Crippen LogP contribution in [0.5, 0.6) is 5.75 Å².